The van der Waals surface area contributed by atoms with Gasteiger partial charge in [0.15, 0.2) is 0 Å². The van der Waals surface area contributed by atoms with Crippen LogP contribution in [0, 0.1) is 0 Å². The summed E-state index contributed by atoms with van der Waals surface area (Å²) in [5.74, 6) is 0.950. The van der Waals surface area contributed by atoms with Gasteiger partial charge in [-0.15, -0.1) is 5.10 Å². The van der Waals surface area contributed by atoms with Crippen LogP contribution >= 0.6 is 0 Å². The average Bonchev–Trinajstić information content (AvgIpc) is 2.65. The quantitative estimate of drug-likeness (QED) is 0.764. The van der Waals surface area contributed by atoms with Crippen LogP contribution in [-0.4, -0.2) is 52.2 Å². The molecule has 1 amide bonds. The fourth-order valence-corrected chi connectivity index (χ4v) is 1.88. The molecule has 1 aromatic rings. The number of hydrogen-bond donors (Lipinski definition) is 2. The number of aromatic amines is 1. The number of hydrogen-bond acceptors (Lipinski definition) is 4. The van der Waals surface area contributed by atoms with Crippen molar-refractivity contribution in [2.75, 3.05) is 26.2 Å². The molecular weight excluding hydrogens is 230 g/mol. The zero-order chi connectivity index (χ0) is 13.2. The standard InChI is InChI=1S/C12H21N5O/c1-12(2,3)11-14-9(15-16-11)10(18)17-7-4-5-13-6-8-17/h13H,4-8H2,1-3H3,(H,14,15,16). The van der Waals surface area contributed by atoms with Crippen molar-refractivity contribution in [3.8, 4) is 0 Å². The van der Waals surface area contributed by atoms with Crippen LogP contribution in [0.5, 0.6) is 0 Å². The fourth-order valence-electron chi connectivity index (χ4n) is 1.88. The SMILES string of the molecule is CC(C)(C)c1nc(C(=O)N2CCCNCC2)n[nH]1. The van der Waals surface area contributed by atoms with E-state index in [1.165, 1.54) is 0 Å². The lowest BCUT2D eigenvalue weighted by molar-refractivity contribution is 0.0754. The number of aromatic nitrogens is 3. The minimum Gasteiger partial charge on any atom is -0.335 e. The molecule has 0 bridgehead atoms. The van der Waals surface area contributed by atoms with E-state index >= 15 is 0 Å². The second-order valence-electron chi connectivity index (χ2n) is 5.65. The number of H-pyrrole nitrogens is 1. The normalized spacial score (nSPS) is 17.6. The van der Waals surface area contributed by atoms with E-state index in [9.17, 15) is 4.79 Å². The third kappa shape index (κ3) is 2.87. The van der Waals surface area contributed by atoms with Crippen molar-refractivity contribution in [1.29, 1.82) is 0 Å². The van der Waals surface area contributed by atoms with Crippen LogP contribution in [0.25, 0.3) is 0 Å². The smallest absolute Gasteiger partial charge is 0.293 e. The van der Waals surface area contributed by atoms with Gasteiger partial charge in [-0.3, -0.25) is 9.89 Å². The first kappa shape index (κ1) is 13.0. The first-order valence-electron chi connectivity index (χ1n) is 6.41. The molecule has 6 heteroatoms. The summed E-state index contributed by atoms with van der Waals surface area (Å²) in [5, 5.41) is 10.2. The third-order valence-corrected chi connectivity index (χ3v) is 3.01. The van der Waals surface area contributed by atoms with E-state index < -0.39 is 0 Å². The zero-order valence-corrected chi connectivity index (χ0v) is 11.3. The molecule has 0 saturated carbocycles. The van der Waals surface area contributed by atoms with Crippen LogP contribution in [0.15, 0.2) is 0 Å². The molecule has 2 N–H and O–H groups in total. The molecule has 0 aromatic carbocycles. The number of carbonyl (C=O) groups excluding carboxylic acids is 1. The lowest BCUT2D eigenvalue weighted by atomic mass is 9.96. The largest absolute Gasteiger partial charge is 0.335 e. The Kier molecular flexibility index (Phi) is 3.65. The Morgan fingerprint density at radius 1 is 1.28 bits per heavy atom. The minimum absolute atomic E-state index is 0.0783. The Morgan fingerprint density at radius 2 is 2.06 bits per heavy atom. The predicted octanol–water partition coefficient (Wildman–Crippen LogP) is 0.538. The van der Waals surface area contributed by atoms with Crippen molar-refractivity contribution in [1.82, 2.24) is 25.4 Å². The average molecular weight is 251 g/mol. The summed E-state index contributed by atoms with van der Waals surface area (Å²) >= 11 is 0. The molecule has 0 radical (unpaired) electrons. The summed E-state index contributed by atoms with van der Waals surface area (Å²) in [6, 6.07) is 0. The maximum atomic E-state index is 12.2. The summed E-state index contributed by atoms with van der Waals surface area (Å²) in [5.41, 5.74) is -0.119. The maximum absolute atomic E-state index is 12.2. The van der Waals surface area contributed by atoms with Crippen molar-refractivity contribution in [3.63, 3.8) is 0 Å². The van der Waals surface area contributed by atoms with Crippen molar-refractivity contribution >= 4 is 5.91 Å². The van der Waals surface area contributed by atoms with Crippen LogP contribution in [-0.2, 0) is 5.41 Å². The van der Waals surface area contributed by atoms with Gasteiger partial charge < -0.3 is 10.2 Å². The summed E-state index contributed by atoms with van der Waals surface area (Å²) in [4.78, 5) is 18.4. The van der Waals surface area contributed by atoms with E-state index in [1.807, 2.05) is 25.7 Å². The van der Waals surface area contributed by atoms with Crippen molar-refractivity contribution in [2.24, 2.45) is 0 Å². The molecule has 0 unspecified atom stereocenters. The molecule has 100 valence electrons. The number of nitrogens with zero attached hydrogens (tertiary/aromatic N) is 3. The first-order chi connectivity index (χ1) is 8.48. The van der Waals surface area contributed by atoms with Crippen LogP contribution in [0.4, 0.5) is 0 Å². The highest BCUT2D eigenvalue weighted by atomic mass is 16.2. The molecule has 6 nitrogen and oxygen atoms in total. The van der Waals surface area contributed by atoms with Crippen LogP contribution in [0.2, 0.25) is 0 Å². The molecule has 1 fully saturated rings. The highest BCUT2D eigenvalue weighted by molar-refractivity contribution is 5.90. The van der Waals surface area contributed by atoms with E-state index in [1.54, 1.807) is 0 Å². The molecule has 1 aliphatic rings. The number of nitrogens with one attached hydrogen (secondary N) is 2. The lowest BCUT2D eigenvalue weighted by Crippen LogP contribution is -2.34. The number of amides is 1. The molecule has 0 spiro atoms. The van der Waals surface area contributed by atoms with Gasteiger partial charge in [0.05, 0.1) is 0 Å². The second kappa shape index (κ2) is 5.06. The van der Waals surface area contributed by atoms with Crippen LogP contribution in [0.1, 0.15) is 43.6 Å². The Bertz CT molecular complexity index is 412. The molecule has 1 aromatic heterocycles. The molecule has 1 aliphatic heterocycles. The van der Waals surface area contributed by atoms with Crippen molar-refractivity contribution in [2.45, 2.75) is 32.6 Å². The van der Waals surface area contributed by atoms with Gasteiger partial charge in [0.2, 0.25) is 5.82 Å². The van der Waals surface area contributed by atoms with Gasteiger partial charge in [-0.25, -0.2) is 4.98 Å². The first-order valence-corrected chi connectivity index (χ1v) is 6.41. The summed E-state index contributed by atoms with van der Waals surface area (Å²) in [6.07, 6.45) is 0.974. The molecular formula is C12H21N5O. The Hall–Kier alpha value is -1.43. The van der Waals surface area contributed by atoms with E-state index in [4.69, 9.17) is 0 Å². The fraction of sp³-hybridized carbons (Fsp3) is 0.750. The van der Waals surface area contributed by atoms with E-state index in [-0.39, 0.29) is 17.1 Å². The third-order valence-electron chi connectivity index (χ3n) is 3.01. The van der Waals surface area contributed by atoms with Gasteiger partial charge in [-0.1, -0.05) is 20.8 Å². The van der Waals surface area contributed by atoms with Crippen molar-refractivity contribution in [3.05, 3.63) is 11.6 Å². The molecule has 2 rings (SSSR count). The van der Waals surface area contributed by atoms with Crippen LogP contribution in [0.3, 0.4) is 0 Å². The Labute approximate surface area is 107 Å². The maximum Gasteiger partial charge on any atom is 0.293 e. The molecule has 18 heavy (non-hydrogen) atoms. The topological polar surface area (TPSA) is 73.9 Å². The van der Waals surface area contributed by atoms with Gasteiger partial charge in [0.1, 0.15) is 5.82 Å². The summed E-state index contributed by atoms with van der Waals surface area (Å²) < 4.78 is 0. The minimum atomic E-state index is -0.119. The highest BCUT2D eigenvalue weighted by Crippen LogP contribution is 2.17. The molecule has 1 saturated heterocycles. The lowest BCUT2D eigenvalue weighted by Gasteiger charge is -2.17. The number of carbonyl (C=O) groups is 1. The van der Waals surface area contributed by atoms with Gasteiger partial charge >= 0.3 is 0 Å². The highest BCUT2D eigenvalue weighted by Gasteiger charge is 2.24. The van der Waals surface area contributed by atoms with E-state index in [0.29, 0.717) is 0 Å². The molecule has 0 atom stereocenters. The van der Waals surface area contributed by atoms with Gasteiger partial charge in [0, 0.05) is 25.0 Å². The molecule has 0 aliphatic carbocycles. The van der Waals surface area contributed by atoms with Gasteiger partial charge in [-0.2, -0.15) is 0 Å². The molecule has 2 heterocycles. The van der Waals surface area contributed by atoms with Crippen LogP contribution < -0.4 is 5.32 Å². The zero-order valence-electron chi connectivity index (χ0n) is 11.3. The summed E-state index contributed by atoms with van der Waals surface area (Å²) in [7, 11) is 0. The second-order valence-corrected chi connectivity index (χ2v) is 5.65. The monoisotopic (exact) mass is 251 g/mol. The summed E-state index contributed by atoms with van der Waals surface area (Å²) in [6.45, 7) is 9.41. The predicted molar refractivity (Wildman–Crippen MR) is 68.5 cm³/mol. The van der Waals surface area contributed by atoms with Crippen molar-refractivity contribution < 1.29 is 4.79 Å². The van der Waals surface area contributed by atoms with E-state index in [2.05, 4.69) is 20.5 Å². The Morgan fingerprint density at radius 3 is 2.72 bits per heavy atom. The van der Waals surface area contributed by atoms with E-state index in [0.717, 1.165) is 38.4 Å². The van der Waals surface area contributed by atoms with Gasteiger partial charge in [-0.05, 0) is 13.0 Å². The number of rotatable bonds is 1. The Balaban J connectivity index is 2.10. The van der Waals surface area contributed by atoms with Gasteiger partial charge in [0.25, 0.3) is 5.91 Å².